The third-order valence-corrected chi connectivity index (χ3v) is 16.3. The second kappa shape index (κ2) is 44.2. The fraction of sp³-hybridized carbons (Fsp3) is 0.562. The molecule has 9 atom stereocenters. The highest BCUT2D eigenvalue weighted by Gasteiger charge is 2.36. The number of H-pyrrole nitrogens is 2. The number of hydrogen-bond donors (Lipinski definition) is 22. The number of aromatic amines is 2. The Morgan fingerprint density at radius 3 is 0.918 bits per heavy atom. The van der Waals surface area contributed by atoms with Gasteiger partial charge in [-0.1, -0.05) is 36.4 Å². The number of hydrogen-bond acceptors (Lipinski definition) is 17. The van der Waals surface area contributed by atoms with E-state index >= 15 is 4.79 Å². The predicted octanol–water partition coefficient (Wildman–Crippen LogP) is -4.20. The van der Waals surface area contributed by atoms with Gasteiger partial charge in [-0.3, -0.25) is 58.1 Å². The monoisotopic (exact) mass is 1370 g/mol. The van der Waals surface area contributed by atoms with Gasteiger partial charge in [0.1, 0.15) is 48.3 Å². The lowest BCUT2D eigenvalue weighted by Crippen LogP contribution is -2.60. The van der Waals surface area contributed by atoms with E-state index in [2.05, 4.69) is 67.5 Å². The number of unbranched alkanes of at least 4 members (excludes halogenated alkanes) is 4. The van der Waals surface area contributed by atoms with Gasteiger partial charge in [0.05, 0.1) is 6.04 Å². The number of nitrogens with two attached hydrogens (primary N) is 12. The Morgan fingerprint density at radius 2 is 0.602 bits per heavy atom. The smallest absolute Gasteiger partial charge is 0.243 e. The van der Waals surface area contributed by atoms with Crippen LogP contribution < -0.4 is 111 Å². The molecule has 4 aromatic rings. The second-order valence-electron chi connectivity index (χ2n) is 24.1. The summed E-state index contributed by atoms with van der Waals surface area (Å²) < 4.78 is 0. The minimum Gasteiger partial charge on any atom is -0.370 e. The highest BCUT2D eigenvalue weighted by Crippen LogP contribution is 2.22. The molecule has 542 valence electrons. The first-order valence-electron chi connectivity index (χ1n) is 33.5. The van der Waals surface area contributed by atoms with E-state index in [4.69, 9.17) is 68.8 Å². The molecule has 0 aliphatic rings. The molecule has 34 heteroatoms. The van der Waals surface area contributed by atoms with Crippen molar-refractivity contribution < 1.29 is 43.2 Å². The van der Waals surface area contributed by atoms with Crippen molar-refractivity contribution in [3.05, 3.63) is 72.1 Å². The van der Waals surface area contributed by atoms with E-state index in [0.717, 1.165) is 21.8 Å². The van der Waals surface area contributed by atoms with Crippen molar-refractivity contribution in [3.8, 4) is 0 Å². The summed E-state index contributed by atoms with van der Waals surface area (Å²) in [5.41, 5.74) is 71.5. The van der Waals surface area contributed by atoms with E-state index in [1.165, 1.54) is 0 Å². The van der Waals surface area contributed by atoms with E-state index < -0.39 is 108 Å². The molecular weight excluding hydrogens is 1260 g/mol. The minimum atomic E-state index is -1.45. The Morgan fingerprint density at radius 1 is 0.337 bits per heavy atom. The van der Waals surface area contributed by atoms with Crippen molar-refractivity contribution in [2.24, 2.45) is 83.8 Å². The van der Waals surface area contributed by atoms with Crippen molar-refractivity contribution in [2.45, 2.75) is 183 Å². The Balaban J connectivity index is 1.74. The SMILES string of the molecule is NCCCC[C@H](NC(=O)[C@H](CCCCN)NC(=O)[C@H](Cc1c[nH]c2ccccc12)NC(=O)[C@H](CCCCN)NC(=O)[C@H](CCCN=C(N)N)NC(=O)[C@H](CCCN=C(N)N)NC(=O)[C@H](Cc1c[nH]c2ccccc12)NC(=O)[C@H](CCCCN)NC(=O)[C@@H](N)CCCN=C(N)N)C(N)=O. The largest absolute Gasteiger partial charge is 0.370 e. The molecular formula is C64H107N25O9. The number of carbonyl (C=O) groups is 9. The van der Waals surface area contributed by atoms with Crippen LogP contribution in [0.1, 0.15) is 127 Å². The molecule has 0 saturated heterocycles. The fourth-order valence-electron chi connectivity index (χ4n) is 10.9. The number of nitrogens with zero attached hydrogens (tertiary/aromatic N) is 3. The number of primary amides is 1. The van der Waals surface area contributed by atoms with Gasteiger partial charge in [-0.15, -0.1) is 0 Å². The van der Waals surface area contributed by atoms with Gasteiger partial charge in [0, 0.05) is 66.7 Å². The van der Waals surface area contributed by atoms with Gasteiger partial charge in [0.25, 0.3) is 0 Å². The third kappa shape index (κ3) is 29.0. The van der Waals surface area contributed by atoms with E-state index in [0.29, 0.717) is 88.5 Å². The zero-order valence-corrected chi connectivity index (χ0v) is 56.0. The minimum absolute atomic E-state index is 0.00264. The van der Waals surface area contributed by atoms with Crippen LogP contribution in [0.3, 0.4) is 0 Å². The summed E-state index contributed by atoms with van der Waals surface area (Å²) in [6.45, 7) is 1.39. The lowest BCUT2D eigenvalue weighted by molar-refractivity contribution is -0.136. The van der Waals surface area contributed by atoms with Crippen LogP contribution in [0.2, 0.25) is 0 Å². The Kier molecular flexibility index (Phi) is 36.5. The fourth-order valence-corrected chi connectivity index (χ4v) is 10.9. The first-order chi connectivity index (χ1) is 47.0. The zero-order valence-electron chi connectivity index (χ0n) is 56.0. The molecule has 2 aromatic carbocycles. The number of nitrogens with one attached hydrogen (secondary N) is 10. The lowest BCUT2D eigenvalue weighted by atomic mass is 10.0. The molecule has 9 amide bonds. The highest BCUT2D eigenvalue weighted by atomic mass is 16.2. The van der Waals surface area contributed by atoms with Crippen LogP contribution in [-0.4, -0.2) is 181 Å². The molecule has 0 aliphatic heterocycles. The lowest BCUT2D eigenvalue weighted by Gasteiger charge is -2.28. The molecule has 4 rings (SSSR count). The second-order valence-corrected chi connectivity index (χ2v) is 24.1. The van der Waals surface area contributed by atoms with Gasteiger partial charge < -0.3 is 121 Å². The number of amides is 9. The Labute approximate surface area is 570 Å². The summed E-state index contributed by atoms with van der Waals surface area (Å²) in [6, 6.07) is 2.98. The average Bonchev–Trinajstić information content (AvgIpc) is 1.65. The maximum absolute atomic E-state index is 15.0. The van der Waals surface area contributed by atoms with E-state index in [1.54, 1.807) is 18.5 Å². The van der Waals surface area contributed by atoms with Crippen LogP contribution in [0, 0.1) is 0 Å². The topological polar surface area (TPSA) is 631 Å². The summed E-state index contributed by atoms with van der Waals surface area (Å²) in [4.78, 5) is 148. The molecule has 0 fully saturated rings. The number of fused-ring (bicyclic) bond motifs is 2. The first-order valence-corrected chi connectivity index (χ1v) is 33.5. The highest BCUT2D eigenvalue weighted by molar-refractivity contribution is 5.99. The molecule has 34 N–H and O–H groups in total. The Bertz CT molecular complexity index is 3270. The maximum atomic E-state index is 15.0. The van der Waals surface area contributed by atoms with Crippen molar-refractivity contribution in [1.82, 2.24) is 52.5 Å². The van der Waals surface area contributed by atoms with Crippen LogP contribution in [0.5, 0.6) is 0 Å². The van der Waals surface area contributed by atoms with E-state index in [-0.39, 0.29) is 115 Å². The van der Waals surface area contributed by atoms with Gasteiger partial charge >= 0.3 is 0 Å². The number of rotatable bonds is 49. The molecule has 0 radical (unpaired) electrons. The number of guanidine groups is 3. The standard InChI is InChI=1S/C64H107N25O9/c65-27-9-5-21-45(53(70)90)82-55(92)47(23-7-11-29-67)86-60(97)51(34-38-36-80-43-19-3-1-16-40(38)43)89-59(96)48(24-8-12-30-68)84-56(93)49(25-14-32-78-63(73)74)85-57(94)50(26-15-33-79-64(75)76)87-61(98)52(35-39-37-81-44-20-4-2-17-41(39)44)88-58(95)46(22-6-10-28-66)83-54(91)42(69)18-13-31-77-62(71)72/h1-4,16-17,19-20,36-37,42,45-52,80-81H,5-15,18,21-35,65-69H2,(H2,70,90)(H,82,92)(H,83,91)(H,84,93)(H,85,94)(H,86,97)(H,87,98)(H,88,95)(H,89,96)(H4,71,72,77)(H4,73,74,78)(H4,75,76,79)/t42-,45-,46-,47-,48-,49-,50-,51-,52-/m0/s1. The molecule has 2 heterocycles. The summed E-state index contributed by atoms with van der Waals surface area (Å²) in [5.74, 6) is -7.58. The molecule has 0 spiro atoms. The number of aromatic nitrogens is 2. The first kappa shape index (κ1) is 80.8. The van der Waals surface area contributed by atoms with Crippen LogP contribution in [0.25, 0.3) is 21.8 Å². The van der Waals surface area contributed by atoms with Gasteiger partial charge in [-0.2, -0.15) is 0 Å². The summed E-state index contributed by atoms with van der Waals surface area (Å²) >= 11 is 0. The third-order valence-electron chi connectivity index (χ3n) is 16.3. The van der Waals surface area contributed by atoms with Gasteiger partial charge in [0.2, 0.25) is 53.2 Å². The van der Waals surface area contributed by atoms with Gasteiger partial charge in [-0.25, -0.2) is 0 Å². The molecule has 0 unspecified atom stereocenters. The number of aliphatic imine (C=N–C) groups is 3. The zero-order chi connectivity index (χ0) is 71.9. The van der Waals surface area contributed by atoms with Crippen molar-refractivity contribution in [1.29, 1.82) is 0 Å². The molecule has 2 aromatic heterocycles. The van der Waals surface area contributed by atoms with Crippen LogP contribution in [0.4, 0.5) is 0 Å². The van der Waals surface area contributed by atoms with Gasteiger partial charge in [0.15, 0.2) is 17.9 Å². The van der Waals surface area contributed by atoms with Crippen molar-refractivity contribution in [3.63, 3.8) is 0 Å². The van der Waals surface area contributed by atoms with Crippen molar-refractivity contribution in [2.75, 3.05) is 45.8 Å². The van der Waals surface area contributed by atoms with Crippen LogP contribution >= 0.6 is 0 Å². The number of carbonyl (C=O) groups excluding carboxylic acids is 9. The van der Waals surface area contributed by atoms with E-state index in [1.807, 2.05) is 42.5 Å². The molecule has 0 aliphatic carbocycles. The maximum Gasteiger partial charge on any atom is 0.243 e. The van der Waals surface area contributed by atoms with Crippen molar-refractivity contribution >= 4 is 92.8 Å². The number of para-hydroxylation sites is 2. The predicted molar refractivity (Wildman–Crippen MR) is 378 cm³/mol. The Hall–Kier alpha value is -9.64. The average molecular weight is 1370 g/mol. The summed E-state index contributed by atoms with van der Waals surface area (Å²) in [5, 5.41) is 23.7. The molecule has 0 saturated carbocycles. The quantitative estimate of drug-likeness (QED) is 0.0113. The molecule has 34 nitrogen and oxygen atoms in total. The van der Waals surface area contributed by atoms with Crippen LogP contribution in [-0.2, 0) is 56.0 Å². The summed E-state index contributed by atoms with van der Waals surface area (Å²) in [7, 11) is 0. The van der Waals surface area contributed by atoms with Gasteiger partial charge in [-0.05, 0) is 165 Å². The normalized spacial score (nSPS) is 13.9. The molecule has 0 bridgehead atoms. The number of benzene rings is 2. The molecule has 98 heavy (non-hydrogen) atoms. The van der Waals surface area contributed by atoms with E-state index in [9.17, 15) is 38.4 Å². The summed E-state index contributed by atoms with van der Waals surface area (Å²) in [6.07, 6.45) is 7.66. The van der Waals surface area contributed by atoms with Crippen LogP contribution in [0.15, 0.2) is 75.9 Å².